The van der Waals surface area contributed by atoms with E-state index in [-0.39, 0.29) is 10.7 Å². The first-order chi connectivity index (χ1) is 9.27. The summed E-state index contributed by atoms with van der Waals surface area (Å²) in [6, 6.07) is 5.06. The number of halogens is 4. The number of benzene rings is 1. The highest BCUT2D eigenvalue weighted by molar-refractivity contribution is 6.33. The zero-order valence-corrected chi connectivity index (χ0v) is 11.7. The van der Waals surface area contributed by atoms with Crippen LogP contribution < -0.4 is 5.32 Å². The highest BCUT2D eigenvalue weighted by Crippen LogP contribution is 2.33. The fourth-order valence-electron chi connectivity index (χ4n) is 1.85. The summed E-state index contributed by atoms with van der Waals surface area (Å²) in [6.45, 7) is 2.19. The van der Waals surface area contributed by atoms with Crippen molar-refractivity contribution in [2.24, 2.45) is 7.05 Å². The quantitative estimate of drug-likeness (QED) is 0.928. The molecule has 3 nitrogen and oxygen atoms in total. The lowest BCUT2D eigenvalue weighted by Gasteiger charge is -2.12. The molecule has 1 aromatic carbocycles. The predicted molar refractivity (Wildman–Crippen MR) is 71.7 cm³/mol. The predicted octanol–water partition coefficient (Wildman–Crippen LogP) is 4.01. The summed E-state index contributed by atoms with van der Waals surface area (Å²) < 4.78 is 39.6. The second-order valence-electron chi connectivity index (χ2n) is 4.45. The molecule has 0 aliphatic carbocycles. The van der Waals surface area contributed by atoms with Gasteiger partial charge in [-0.3, -0.25) is 4.68 Å². The molecule has 0 aliphatic rings. The van der Waals surface area contributed by atoms with Crippen molar-refractivity contribution in [2.75, 3.05) is 5.32 Å². The van der Waals surface area contributed by atoms with Gasteiger partial charge in [-0.2, -0.15) is 18.3 Å². The van der Waals surface area contributed by atoms with Gasteiger partial charge in [0.05, 0.1) is 34.2 Å². The fourth-order valence-corrected chi connectivity index (χ4v) is 2.04. The molecule has 0 saturated carbocycles. The van der Waals surface area contributed by atoms with Gasteiger partial charge in [-0.15, -0.1) is 0 Å². The fraction of sp³-hybridized carbons (Fsp3) is 0.308. The molecular formula is C13H13ClF3N3. The monoisotopic (exact) mass is 303 g/mol. The molecular weight excluding hydrogens is 291 g/mol. The van der Waals surface area contributed by atoms with Crippen LogP contribution in [0.5, 0.6) is 0 Å². The number of aromatic nitrogens is 2. The van der Waals surface area contributed by atoms with E-state index < -0.39 is 11.7 Å². The van der Waals surface area contributed by atoms with E-state index >= 15 is 0 Å². The molecule has 1 heterocycles. The minimum absolute atomic E-state index is 0.247. The minimum Gasteiger partial charge on any atom is -0.378 e. The molecule has 0 atom stereocenters. The molecule has 0 spiro atoms. The highest BCUT2D eigenvalue weighted by atomic mass is 35.5. The third kappa shape index (κ3) is 3.25. The van der Waals surface area contributed by atoms with Crippen molar-refractivity contribution in [3.63, 3.8) is 0 Å². The number of nitrogens with one attached hydrogen (secondary N) is 1. The van der Waals surface area contributed by atoms with Crippen molar-refractivity contribution in [1.29, 1.82) is 0 Å². The third-order valence-corrected chi connectivity index (χ3v) is 3.18. The second-order valence-corrected chi connectivity index (χ2v) is 4.85. The number of alkyl halides is 3. The first kappa shape index (κ1) is 14.7. The van der Waals surface area contributed by atoms with Gasteiger partial charge in [-0.1, -0.05) is 11.6 Å². The van der Waals surface area contributed by atoms with Gasteiger partial charge < -0.3 is 5.32 Å². The Morgan fingerprint density at radius 1 is 1.30 bits per heavy atom. The zero-order chi connectivity index (χ0) is 14.9. The summed E-state index contributed by atoms with van der Waals surface area (Å²) >= 11 is 5.91. The normalized spacial score (nSPS) is 11.7. The molecule has 0 amide bonds. The lowest BCUT2D eigenvalue weighted by molar-refractivity contribution is -0.137. The van der Waals surface area contributed by atoms with E-state index in [2.05, 4.69) is 10.4 Å². The Morgan fingerprint density at radius 3 is 2.55 bits per heavy atom. The van der Waals surface area contributed by atoms with Gasteiger partial charge in [0.2, 0.25) is 0 Å². The van der Waals surface area contributed by atoms with Crippen LogP contribution in [0.15, 0.2) is 24.3 Å². The Hall–Kier alpha value is -1.69. The van der Waals surface area contributed by atoms with E-state index in [1.54, 1.807) is 11.7 Å². The van der Waals surface area contributed by atoms with Gasteiger partial charge in [-0.25, -0.2) is 0 Å². The van der Waals surface area contributed by atoms with Crippen LogP contribution in [0, 0.1) is 6.92 Å². The summed E-state index contributed by atoms with van der Waals surface area (Å²) in [7, 11) is 1.78. The molecule has 1 N–H and O–H groups in total. The van der Waals surface area contributed by atoms with E-state index in [9.17, 15) is 13.2 Å². The third-order valence-electron chi connectivity index (χ3n) is 2.85. The standard InChI is InChI=1S/C13H13ClF3N3/c1-8-5-10(20(2)19-8)7-18-12-6-9(13(15,16)17)3-4-11(12)14/h3-6,18H,7H2,1-2H3. The Labute approximate surface area is 119 Å². The van der Waals surface area contributed by atoms with Crippen molar-refractivity contribution in [3.05, 3.63) is 46.2 Å². The molecule has 0 aliphatic heterocycles. The Kier molecular flexibility index (Phi) is 3.94. The average Bonchev–Trinajstić information content (AvgIpc) is 2.65. The molecule has 0 unspecified atom stereocenters. The maximum atomic E-state index is 12.6. The van der Waals surface area contributed by atoms with Crippen molar-refractivity contribution in [1.82, 2.24) is 9.78 Å². The van der Waals surface area contributed by atoms with Crippen molar-refractivity contribution >= 4 is 17.3 Å². The van der Waals surface area contributed by atoms with Crippen molar-refractivity contribution < 1.29 is 13.2 Å². The highest BCUT2D eigenvalue weighted by Gasteiger charge is 2.30. The summed E-state index contributed by atoms with van der Waals surface area (Å²) in [5, 5.41) is 7.32. The average molecular weight is 304 g/mol. The summed E-state index contributed by atoms with van der Waals surface area (Å²) in [5.41, 5.74) is 1.22. The van der Waals surface area contributed by atoms with Crippen LogP contribution >= 0.6 is 11.6 Å². The number of hydrogen-bond acceptors (Lipinski definition) is 2. The topological polar surface area (TPSA) is 29.9 Å². The SMILES string of the molecule is Cc1cc(CNc2cc(C(F)(F)F)ccc2Cl)n(C)n1. The molecule has 2 rings (SSSR count). The first-order valence-corrected chi connectivity index (χ1v) is 6.25. The Balaban J connectivity index is 2.19. The minimum atomic E-state index is -4.38. The molecule has 20 heavy (non-hydrogen) atoms. The molecule has 0 bridgehead atoms. The van der Waals surface area contributed by atoms with E-state index in [0.29, 0.717) is 6.54 Å². The summed E-state index contributed by atoms with van der Waals surface area (Å²) in [6.07, 6.45) is -4.38. The summed E-state index contributed by atoms with van der Waals surface area (Å²) in [5.74, 6) is 0. The number of rotatable bonds is 3. The molecule has 1 aromatic heterocycles. The van der Waals surface area contributed by atoms with Crippen molar-refractivity contribution in [3.8, 4) is 0 Å². The maximum absolute atomic E-state index is 12.6. The molecule has 108 valence electrons. The van der Waals surface area contributed by atoms with Crippen molar-refractivity contribution in [2.45, 2.75) is 19.6 Å². The summed E-state index contributed by atoms with van der Waals surface area (Å²) in [4.78, 5) is 0. The molecule has 0 fully saturated rings. The Bertz CT molecular complexity index is 620. The van der Waals surface area contributed by atoms with E-state index in [1.807, 2.05) is 13.0 Å². The van der Waals surface area contributed by atoms with Crippen LogP contribution in [0.2, 0.25) is 5.02 Å². The van der Waals surface area contributed by atoms with Gasteiger partial charge in [0.15, 0.2) is 0 Å². The smallest absolute Gasteiger partial charge is 0.378 e. The molecule has 7 heteroatoms. The number of aryl methyl sites for hydroxylation is 2. The van der Waals surface area contributed by atoms with E-state index in [0.717, 1.165) is 23.5 Å². The molecule has 0 saturated heterocycles. The zero-order valence-electron chi connectivity index (χ0n) is 10.9. The van der Waals surface area contributed by atoms with Crippen LogP contribution in [0.3, 0.4) is 0 Å². The van der Waals surface area contributed by atoms with Crippen LogP contribution in [0.4, 0.5) is 18.9 Å². The molecule has 0 radical (unpaired) electrons. The van der Waals surface area contributed by atoms with Gasteiger partial charge in [0, 0.05) is 7.05 Å². The lowest BCUT2D eigenvalue weighted by atomic mass is 10.2. The van der Waals surface area contributed by atoms with Crippen LogP contribution in [0.1, 0.15) is 17.0 Å². The van der Waals surface area contributed by atoms with E-state index in [4.69, 9.17) is 11.6 Å². The van der Waals surface area contributed by atoms with Crippen LogP contribution in [-0.2, 0) is 19.8 Å². The number of anilines is 1. The number of nitrogens with zero attached hydrogens (tertiary/aromatic N) is 2. The molecule has 2 aromatic rings. The van der Waals surface area contributed by atoms with Gasteiger partial charge in [-0.05, 0) is 31.2 Å². The van der Waals surface area contributed by atoms with Crippen LogP contribution in [-0.4, -0.2) is 9.78 Å². The van der Waals surface area contributed by atoms with Gasteiger partial charge >= 0.3 is 6.18 Å². The maximum Gasteiger partial charge on any atom is 0.416 e. The van der Waals surface area contributed by atoms with E-state index in [1.165, 1.54) is 6.07 Å². The lowest BCUT2D eigenvalue weighted by Crippen LogP contribution is -2.08. The first-order valence-electron chi connectivity index (χ1n) is 5.87. The van der Waals surface area contributed by atoms with Gasteiger partial charge in [0.1, 0.15) is 0 Å². The largest absolute Gasteiger partial charge is 0.416 e. The second kappa shape index (κ2) is 5.36. The van der Waals surface area contributed by atoms with Crippen LogP contribution in [0.25, 0.3) is 0 Å². The van der Waals surface area contributed by atoms with Gasteiger partial charge in [0.25, 0.3) is 0 Å². The Morgan fingerprint density at radius 2 is 2.00 bits per heavy atom. The number of hydrogen-bond donors (Lipinski definition) is 1.